The lowest BCUT2D eigenvalue weighted by molar-refractivity contribution is -0.384. The fraction of sp³-hybridized carbons (Fsp3) is 0. The van der Waals surface area contributed by atoms with Crippen LogP contribution in [0.2, 0.25) is 0 Å². The van der Waals surface area contributed by atoms with Crippen LogP contribution < -0.4 is 0 Å². The largest absolute Gasteiger partial charge is 0.290 e. The molecule has 2 heterocycles. The summed E-state index contributed by atoms with van der Waals surface area (Å²) < 4.78 is 3.26. The molecule has 0 unspecified atom stereocenters. The second-order valence-corrected chi connectivity index (χ2v) is 6.80. The van der Waals surface area contributed by atoms with Gasteiger partial charge in [-0.3, -0.25) is 14.5 Å². The van der Waals surface area contributed by atoms with Crippen molar-refractivity contribution in [3.8, 4) is 11.3 Å². The Morgan fingerprint density at radius 2 is 1.92 bits per heavy atom. The van der Waals surface area contributed by atoms with E-state index >= 15 is 0 Å². The third kappa shape index (κ3) is 2.11. The summed E-state index contributed by atoms with van der Waals surface area (Å²) in [5.41, 5.74) is 2.66. The Labute approximate surface area is 145 Å². The summed E-state index contributed by atoms with van der Waals surface area (Å²) in [6.07, 6.45) is 1.95. The van der Waals surface area contributed by atoms with Crippen molar-refractivity contribution in [3.63, 3.8) is 0 Å². The van der Waals surface area contributed by atoms with Gasteiger partial charge in [-0.15, -0.1) is 0 Å². The Balaban J connectivity index is 1.74. The predicted octanol–water partition coefficient (Wildman–Crippen LogP) is 5.28. The first kappa shape index (κ1) is 14.1. The quantitative estimate of drug-likeness (QED) is 0.323. The number of rotatable bonds is 2. The number of nitro groups is 1. The fourth-order valence-corrected chi connectivity index (χ4v) is 4.29. The van der Waals surface area contributed by atoms with Gasteiger partial charge in [0.2, 0.25) is 0 Å². The Hall–Kier alpha value is -3.25. The van der Waals surface area contributed by atoms with E-state index in [-0.39, 0.29) is 10.6 Å². The molecule has 0 aliphatic rings. The molecule has 0 bridgehead atoms. The lowest BCUT2D eigenvalue weighted by atomic mass is 10.1. The molecule has 0 saturated heterocycles. The van der Waals surface area contributed by atoms with E-state index in [9.17, 15) is 10.1 Å². The fourth-order valence-electron chi connectivity index (χ4n) is 3.15. The molecule has 5 nitrogen and oxygen atoms in total. The summed E-state index contributed by atoms with van der Waals surface area (Å²) in [6, 6.07) is 19.1. The minimum Gasteiger partial charge on any atom is -0.290 e. The topological polar surface area (TPSA) is 60.4 Å². The zero-order valence-corrected chi connectivity index (χ0v) is 13.7. The van der Waals surface area contributed by atoms with E-state index in [1.54, 1.807) is 23.5 Å². The van der Waals surface area contributed by atoms with Gasteiger partial charge in [0.05, 0.1) is 20.8 Å². The molecule has 0 aliphatic heterocycles. The van der Waals surface area contributed by atoms with Gasteiger partial charge in [0.1, 0.15) is 0 Å². The molecule has 0 atom stereocenters. The SMILES string of the molecule is O=[N+]([O-])c1cccc(-c2cn3c(n2)sc2c4ccccc4ccc23)c1. The molecule has 2 aromatic heterocycles. The number of thiazole rings is 1. The molecule has 0 N–H and O–H groups in total. The number of nitrogens with zero attached hydrogens (tertiary/aromatic N) is 3. The number of non-ortho nitro benzene ring substituents is 1. The second-order valence-electron chi connectivity index (χ2n) is 5.82. The van der Waals surface area contributed by atoms with Gasteiger partial charge in [-0.25, -0.2) is 4.98 Å². The first-order valence-corrected chi connectivity index (χ1v) is 8.56. The van der Waals surface area contributed by atoms with Gasteiger partial charge >= 0.3 is 0 Å². The van der Waals surface area contributed by atoms with Crippen LogP contribution in [0.4, 0.5) is 5.69 Å². The maximum atomic E-state index is 11.0. The van der Waals surface area contributed by atoms with Crippen molar-refractivity contribution in [1.82, 2.24) is 9.38 Å². The van der Waals surface area contributed by atoms with Crippen molar-refractivity contribution < 1.29 is 4.92 Å². The van der Waals surface area contributed by atoms with Crippen LogP contribution in [0.1, 0.15) is 0 Å². The number of nitro benzene ring substituents is 1. The molecule has 0 spiro atoms. The standard InChI is InChI=1S/C19H11N3O2S/c23-22(24)14-6-3-5-13(10-14)16-11-21-17-9-8-12-4-1-2-7-15(12)18(17)25-19(21)20-16/h1-11H. The summed E-state index contributed by atoms with van der Waals surface area (Å²) in [5.74, 6) is 0. The van der Waals surface area contributed by atoms with E-state index < -0.39 is 0 Å². The van der Waals surface area contributed by atoms with Crippen molar-refractivity contribution >= 4 is 43.0 Å². The van der Waals surface area contributed by atoms with Gasteiger partial charge in [0, 0.05) is 29.3 Å². The van der Waals surface area contributed by atoms with Crippen LogP contribution in [-0.2, 0) is 0 Å². The van der Waals surface area contributed by atoms with Gasteiger partial charge in [-0.2, -0.15) is 0 Å². The third-order valence-electron chi connectivity index (χ3n) is 4.34. The van der Waals surface area contributed by atoms with Crippen LogP contribution in [0.3, 0.4) is 0 Å². The van der Waals surface area contributed by atoms with Gasteiger partial charge in [0.15, 0.2) is 4.96 Å². The summed E-state index contributed by atoms with van der Waals surface area (Å²) in [5, 5.41) is 13.4. The molecule has 5 aromatic rings. The number of imidazole rings is 1. The summed E-state index contributed by atoms with van der Waals surface area (Å²) in [4.78, 5) is 16.2. The molecule has 0 amide bonds. The average molecular weight is 345 g/mol. The number of aromatic nitrogens is 2. The Kier molecular flexibility index (Phi) is 2.89. The van der Waals surface area contributed by atoms with Gasteiger partial charge in [-0.1, -0.05) is 53.8 Å². The molecule has 0 fully saturated rings. The van der Waals surface area contributed by atoms with Crippen LogP contribution in [0, 0.1) is 10.1 Å². The van der Waals surface area contributed by atoms with Gasteiger partial charge in [-0.05, 0) is 11.5 Å². The van der Waals surface area contributed by atoms with Crippen LogP contribution in [0.5, 0.6) is 0 Å². The number of hydrogen-bond acceptors (Lipinski definition) is 4. The van der Waals surface area contributed by atoms with Crippen LogP contribution in [0.15, 0.2) is 66.9 Å². The highest BCUT2D eigenvalue weighted by Crippen LogP contribution is 2.34. The van der Waals surface area contributed by atoms with Crippen molar-refractivity contribution in [2.75, 3.05) is 0 Å². The van der Waals surface area contributed by atoms with Gasteiger partial charge in [0.25, 0.3) is 5.69 Å². The normalized spacial score (nSPS) is 11.5. The molecular formula is C19H11N3O2S. The highest BCUT2D eigenvalue weighted by Gasteiger charge is 2.14. The van der Waals surface area contributed by atoms with Crippen LogP contribution in [0.25, 0.3) is 37.2 Å². The highest BCUT2D eigenvalue weighted by molar-refractivity contribution is 7.24. The Morgan fingerprint density at radius 3 is 2.80 bits per heavy atom. The maximum Gasteiger partial charge on any atom is 0.270 e. The molecule has 0 saturated carbocycles. The van der Waals surface area contributed by atoms with E-state index in [2.05, 4.69) is 33.7 Å². The first-order chi connectivity index (χ1) is 12.2. The smallest absolute Gasteiger partial charge is 0.270 e. The summed E-state index contributed by atoms with van der Waals surface area (Å²) >= 11 is 1.64. The predicted molar refractivity (Wildman–Crippen MR) is 100 cm³/mol. The molecule has 5 rings (SSSR count). The molecular weight excluding hydrogens is 334 g/mol. The number of fused-ring (bicyclic) bond motifs is 5. The molecule has 0 aliphatic carbocycles. The molecule has 0 radical (unpaired) electrons. The average Bonchev–Trinajstić information content (AvgIpc) is 3.20. The van der Waals surface area contributed by atoms with Crippen molar-refractivity contribution in [2.24, 2.45) is 0 Å². The monoisotopic (exact) mass is 345 g/mol. The highest BCUT2D eigenvalue weighted by atomic mass is 32.1. The van der Waals surface area contributed by atoms with Crippen molar-refractivity contribution in [1.29, 1.82) is 0 Å². The summed E-state index contributed by atoms with van der Waals surface area (Å²) in [6.45, 7) is 0. The van der Waals surface area contributed by atoms with Crippen LogP contribution >= 0.6 is 11.3 Å². The Morgan fingerprint density at radius 1 is 1.04 bits per heavy atom. The number of benzene rings is 3. The van der Waals surface area contributed by atoms with E-state index in [0.29, 0.717) is 0 Å². The van der Waals surface area contributed by atoms with Crippen molar-refractivity contribution in [3.05, 3.63) is 77.0 Å². The molecule has 25 heavy (non-hydrogen) atoms. The second kappa shape index (κ2) is 5.12. The van der Waals surface area contributed by atoms with E-state index in [1.165, 1.54) is 21.5 Å². The molecule has 3 aromatic carbocycles. The van der Waals surface area contributed by atoms with E-state index in [0.717, 1.165) is 21.7 Å². The summed E-state index contributed by atoms with van der Waals surface area (Å²) in [7, 11) is 0. The first-order valence-electron chi connectivity index (χ1n) is 7.75. The Bertz CT molecular complexity index is 1290. The van der Waals surface area contributed by atoms with E-state index in [1.807, 2.05) is 24.4 Å². The zero-order valence-electron chi connectivity index (χ0n) is 12.9. The minimum atomic E-state index is -0.385. The zero-order chi connectivity index (χ0) is 17.0. The lowest BCUT2D eigenvalue weighted by Crippen LogP contribution is -1.88. The minimum absolute atomic E-state index is 0.0738. The molecule has 120 valence electrons. The van der Waals surface area contributed by atoms with E-state index in [4.69, 9.17) is 0 Å². The maximum absolute atomic E-state index is 11.0. The van der Waals surface area contributed by atoms with Crippen LogP contribution in [-0.4, -0.2) is 14.3 Å². The lowest BCUT2D eigenvalue weighted by Gasteiger charge is -1.99. The van der Waals surface area contributed by atoms with Gasteiger partial charge < -0.3 is 0 Å². The van der Waals surface area contributed by atoms with Crippen molar-refractivity contribution in [2.45, 2.75) is 0 Å². The number of hydrogen-bond donors (Lipinski definition) is 0. The molecule has 6 heteroatoms. The third-order valence-corrected chi connectivity index (χ3v) is 5.44.